The summed E-state index contributed by atoms with van der Waals surface area (Å²) in [5.74, 6) is -0.192. The highest BCUT2D eigenvalue weighted by Gasteiger charge is 2.18. The van der Waals surface area contributed by atoms with Crippen LogP contribution in [0.3, 0.4) is 0 Å². The van der Waals surface area contributed by atoms with Gasteiger partial charge in [-0.2, -0.15) is 0 Å². The van der Waals surface area contributed by atoms with Crippen LogP contribution < -0.4 is 0 Å². The molecule has 23 heavy (non-hydrogen) atoms. The molecule has 120 valence electrons. The van der Waals surface area contributed by atoms with Gasteiger partial charge in [0.05, 0.1) is 37.0 Å². The van der Waals surface area contributed by atoms with Crippen molar-refractivity contribution in [3.8, 4) is 0 Å². The first-order valence-corrected chi connectivity index (χ1v) is 8.32. The van der Waals surface area contributed by atoms with E-state index in [-0.39, 0.29) is 0 Å². The van der Waals surface area contributed by atoms with Crippen molar-refractivity contribution in [3.63, 3.8) is 0 Å². The monoisotopic (exact) mass is 330 g/mol. The largest absolute Gasteiger partial charge is 0.503 e. The molecule has 4 nitrogen and oxygen atoms in total. The van der Waals surface area contributed by atoms with Crippen LogP contribution in [0, 0.1) is 0 Å². The Morgan fingerprint density at radius 3 is 2.35 bits per heavy atom. The van der Waals surface area contributed by atoms with Crippen LogP contribution >= 0.6 is 0 Å². The summed E-state index contributed by atoms with van der Waals surface area (Å²) >= 11 is 0. The van der Waals surface area contributed by atoms with Gasteiger partial charge >= 0.3 is 5.97 Å². The Hall–Kier alpha value is -2.40. The van der Waals surface area contributed by atoms with E-state index in [0.29, 0.717) is 16.9 Å². The quantitative estimate of drug-likeness (QED) is 0.464. The molecule has 0 heterocycles. The molecule has 2 aromatic carbocycles. The maximum Gasteiger partial charge on any atom is 0.341 e. The minimum atomic E-state index is -1.20. The fourth-order valence-electron chi connectivity index (χ4n) is 2.16. The summed E-state index contributed by atoms with van der Waals surface area (Å²) in [6, 6.07) is 16.5. The van der Waals surface area contributed by atoms with Gasteiger partial charge in [-0.3, -0.25) is 4.21 Å². The second-order valence-corrected chi connectivity index (χ2v) is 6.17. The van der Waals surface area contributed by atoms with E-state index in [9.17, 15) is 9.00 Å². The topological polar surface area (TPSA) is 52.6 Å². The average molecular weight is 330 g/mol. The standard InChI is InChI=1S/C18H18O4S/c1-21-12-17(18(19)22-2)16-11-7-6-8-14(16)13-23(20)15-9-4-3-5-10-15/h3-12H,13H2,1-2H3/b17-12-. The Morgan fingerprint density at radius 1 is 1.04 bits per heavy atom. The molecular formula is C18H18O4S. The summed E-state index contributed by atoms with van der Waals surface area (Å²) in [5, 5.41) is 0. The van der Waals surface area contributed by atoms with Gasteiger partial charge in [-0.05, 0) is 23.3 Å². The lowest BCUT2D eigenvalue weighted by Gasteiger charge is -2.11. The van der Waals surface area contributed by atoms with E-state index in [2.05, 4.69) is 0 Å². The van der Waals surface area contributed by atoms with Crippen molar-refractivity contribution in [2.75, 3.05) is 14.2 Å². The number of hydrogen-bond acceptors (Lipinski definition) is 4. The predicted molar refractivity (Wildman–Crippen MR) is 90.0 cm³/mol. The SMILES string of the molecule is CO/C=C(\C(=O)OC)c1ccccc1CS(=O)c1ccccc1. The summed E-state index contributed by atoms with van der Waals surface area (Å²) in [5.41, 5.74) is 1.75. The van der Waals surface area contributed by atoms with E-state index in [1.807, 2.05) is 48.5 Å². The molecule has 1 unspecified atom stereocenters. The molecule has 0 aliphatic heterocycles. The smallest absolute Gasteiger partial charge is 0.341 e. The van der Waals surface area contributed by atoms with E-state index in [4.69, 9.17) is 9.47 Å². The molecule has 0 aliphatic carbocycles. The van der Waals surface area contributed by atoms with Crippen LogP contribution in [0.2, 0.25) is 0 Å². The first-order chi connectivity index (χ1) is 11.2. The van der Waals surface area contributed by atoms with E-state index in [1.165, 1.54) is 20.5 Å². The number of carbonyl (C=O) groups excluding carboxylic acids is 1. The van der Waals surface area contributed by atoms with Crippen LogP contribution in [0.25, 0.3) is 5.57 Å². The summed E-state index contributed by atoms with van der Waals surface area (Å²) in [7, 11) is 1.58. The predicted octanol–water partition coefficient (Wildman–Crippen LogP) is 3.15. The highest BCUT2D eigenvalue weighted by molar-refractivity contribution is 7.84. The van der Waals surface area contributed by atoms with Crippen LogP contribution in [-0.2, 0) is 30.8 Å². The van der Waals surface area contributed by atoms with Crippen LogP contribution in [-0.4, -0.2) is 24.4 Å². The van der Waals surface area contributed by atoms with Gasteiger partial charge < -0.3 is 9.47 Å². The third-order valence-electron chi connectivity index (χ3n) is 3.24. The van der Waals surface area contributed by atoms with Crippen molar-refractivity contribution in [2.24, 2.45) is 0 Å². The van der Waals surface area contributed by atoms with Crippen LogP contribution in [0.4, 0.5) is 0 Å². The molecule has 0 aromatic heterocycles. The second kappa shape index (κ2) is 8.29. The molecule has 0 N–H and O–H groups in total. The summed E-state index contributed by atoms with van der Waals surface area (Å²) in [6.45, 7) is 0. The molecule has 1 atom stereocenters. The Morgan fingerprint density at radius 2 is 1.70 bits per heavy atom. The van der Waals surface area contributed by atoms with Gasteiger partial charge in [0.25, 0.3) is 0 Å². The maximum absolute atomic E-state index is 12.5. The number of benzene rings is 2. The Balaban J connectivity index is 2.36. The number of methoxy groups -OCH3 is 2. The molecule has 0 fully saturated rings. The number of rotatable bonds is 6. The second-order valence-electron chi connectivity index (χ2n) is 4.72. The lowest BCUT2D eigenvalue weighted by molar-refractivity contribution is -0.133. The zero-order valence-electron chi connectivity index (χ0n) is 13.0. The minimum absolute atomic E-state index is 0.302. The van der Waals surface area contributed by atoms with Gasteiger partial charge in [0.15, 0.2) is 0 Å². The third-order valence-corrected chi connectivity index (χ3v) is 4.61. The third kappa shape index (κ3) is 4.29. The lowest BCUT2D eigenvalue weighted by Crippen LogP contribution is -2.08. The molecule has 0 bridgehead atoms. The number of ether oxygens (including phenoxy) is 2. The Kier molecular flexibility index (Phi) is 6.11. The normalized spacial score (nSPS) is 12.5. The van der Waals surface area contributed by atoms with Gasteiger partial charge in [0.1, 0.15) is 5.57 Å². The molecular weight excluding hydrogens is 312 g/mol. The number of hydrogen-bond donors (Lipinski definition) is 0. The zero-order chi connectivity index (χ0) is 16.7. The summed E-state index contributed by atoms with van der Waals surface area (Å²) < 4.78 is 22.3. The van der Waals surface area contributed by atoms with Gasteiger partial charge in [0.2, 0.25) is 0 Å². The molecule has 2 rings (SSSR count). The van der Waals surface area contributed by atoms with Crippen LogP contribution in [0.15, 0.2) is 65.8 Å². The van der Waals surface area contributed by atoms with E-state index >= 15 is 0 Å². The molecule has 0 saturated carbocycles. The summed E-state index contributed by atoms with van der Waals surface area (Å²) in [6.07, 6.45) is 1.34. The molecule has 0 saturated heterocycles. The first kappa shape index (κ1) is 17.0. The lowest BCUT2D eigenvalue weighted by atomic mass is 10.0. The Bertz CT molecular complexity index is 723. The van der Waals surface area contributed by atoms with Crippen LogP contribution in [0.5, 0.6) is 0 Å². The molecule has 0 amide bonds. The summed E-state index contributed by atoms with van der Waals surface area (Å²) in [4.78, 5) is 12.7. The van der Waals surface area contributed by atoms with Crippen molar-refractivity contribution in [3.05, 3.63) is 72.0 Å². The van der Waals surface area contributed by atoms with Gasteiger partial charge in [-0.15, -0.1) is 0 Å². The van der Waals surface area contributed by atoms with Gasteiger partial charge in [0, 0.05) is 4.90 Å². The average Bonchev–Trinajstić information content (AvgIpc) is 2.60. The molecule has 0 aliphatic rings. The van der Waals surface area contributed by atoms with Crippen molar-refractivity contribution < 1.29 is 18.5 Å². The zero-order valence-corrected chi connectivity index (χ0v) is 13.8. The van der Waals surface area contributed by atoms with Crippen molar-refractivity contribution in [2.45, 2.75) is 10.6 Å². The number of carbonyl (C=O) groups is 1. The van der Waals surface area contributed by atoms with Gasteiger partial charge in [-0.25, -0.2) is 4.79 Å². The fourth-order valence-corrected chi connectivity index (χ4v) is 3.32. The Labute approximate surface area is 138 Å². The first-order valence-electron chi connectivity index (χ1n) is 7.00. The van der Waals surface area contributed by atoms with Crippen molar-refractivity contribution in [1.29, 1.82) is 0 Å². The number of esters is 1. The molecule has 5 heteroatoms. The van der Waals surface area contributed by atoms with E-state index in [0.717, 1.165) is 10.5 Å². The van der Waals surface area contributed by atoms with E-state index < -0.39 is 16.8 Å². The maximum atomic E-state index is 12.5. The van der Waals surface area contributed by atoms with Crippen LogP contribution in [0.1, 0.15) is 11.1 Å². The van der Waals surface area contributed by atoms with E-state index in [1.54, 1.807) is 6.07 Å². The van der Waals surface area contributed by atoms with Gasteiger partial charge in [-0.1, -0.05) is 42.5 Å². The van der Waals surface area contributed by atoms with Crippen molar-refractivity contribution >= 4 is 22.3 Å². The molecule has 2 aromatic rings. The highest BCUT2D eigenvalue weighted by atomic mass is 32.2. The fraction of sp³-hybridized carbons (Fsp3) is 0.167. The molecule has 0 radical (unpaired) electrons. The molecule has 0 spiro atoms. The minimum Gasteiger partial charge on any atom is -0.503 e. The van der Waals surface area contributed by atoms with Crippen molar-refractivity contribution in [1.82, 2.24) is 0 Å². The highest BCUT2D eigenvalue weighted by Crippen LogP contribution is 2.23.